The largest absolute Gasteiger partial charge is 0.351 e. The van der Waals surface area contributed by atoms with Gasteiger partial charge in [-0.3, -0.25) is 0 Å². The highest BCUT2D eigenvalue weighted by Crippen LogP contribution is 2.16. The Morgan fingerprint density at radius 3 is 2.42 bits per heavy atom. The van der Waals surface area contributed by atoms with E-state index >= 15 is 0 Å². The van der Waals surface area contributed by atoms with E-state index in [1.54, 1.807) is 0 Å². The number of rotatable bonds is 3. The molecule has 1 heteroatoms. The molecule has 0 unspecified atom stereocenters. The van der Waals surface area contributed by atoms with Crippen LogP contribution in [0.25, 0.3) is 0 Å². The maximum Gasteiger partial charge on any atom is 0.0219 e. The van der Waals surface area contributed by atoms with Crippen molar-refractivity contribution in [2.75, 3.05) is 0 Å². The van der Waals surface area contributed by atoms with Gasteiger partial charge in [0.1, 0.15) is 0 Å². The molecule has 1 rings (SSSR count). The fourth-order valence-corrected chi connectivity index (χ4v) is 1.76. The molecule has 1 heterocycles. The fraction of sp³-hybridized carbons (Fsp3) is 0.636. The maximum absolute atomic E-state index is 2.39. The number of hydrogen-bond donors (Lipinski definition) is 0. The Hall–Kier alpha value is -0.720. The summed E-state index contributed by atoms with van der Waals surface area (Å²) in [6, 6.07) is 0. The van der Waals surface area contributed by atoms with Crippen molar-refractivity contribution < 1.29 is 0 Å². The van der Waals surface area contributed by atoms with Gasteiger partial charge in [0, 0.05) is 18.4 Å². The zero-order valence-corrected chi connectivity index (χ0v) is 8.65. The first-order valence-electron chi connectivity index (χ1n) is 4.85. The lowest BCUT2D eigenvalue weighted by atomic mass is 10.1. The second-order valence-corrected chi connectivity index (χ2v) is 3.43. The minimum absolute atomic E-state index is 1.15. The third-order valence-electron chi connectivity index (χ3n) is 2.52. The van der Waals surface area contributed by atoms with E-state index in [1.807, 2.05) is 0 Å². The molecule has 1 aromatic rings. The van der Waals surface area contributed by atoms with Crippen molar-refractivity contribution in [1.29, 1.82) is 0 Å². The van der Waals surface area contributed by atoms with E-state index < -0.39 is 0 Å². The third kappa shape index (κ3) is 1.55. The van der Waals surface area contributed by atoms with Crippen molar-refractivity contribution in [3.8, 4) is 0 Å². The van der Waals surface area contributed by atoms with Crippen LogP contribution in [0.15, 0.2) is 6.20 Å². The van der Waals surface area contributed by atoms with E-state index in [1.165, 1.54) is 23.2 Å². The third-order valence-corrected chi connectivity index (χ3v) is 2.52. The highest BCUT2D eigenvalue weighted by Gasteiger charge is 2.05. The molecule has 12 heavy (non-hydrogen) atoms. The monoisotopic (exact) mass is 165 g/mol. The summed E-state index contributed by atoms with van der Waals surface area (Å²) in [7, 11) is 0. The van der Waals surface area contributed by atoms with Crippen LogP contribution in [0, 0.1) is 13.8 Å². The Balaban J connectivity index is 3.02. The van der Waals surface area contributed by atoms with Crippen molar-refractivity contribution in [3.05, 3.63) is 23.0 Å². The van der Waals surface area contributed by atoms with Crippen LogP contribution in [0.4, 0.5) is 0 Å². The Bertz CT molecular complexity index is 258. The van der Waals surface area contributed by atoms with Gasteiger partial charge in [0.25, 0.3) is 0 Å². The first kappa shape index (κ1) is 9.37. The van der Waals surface area contributed by atoms with Crippen LogP contribution in [0.5, 0.6) is 0 Å². The molecule has 68 valence electrons. The molecule has 0 N–H and O–H groups in total. The van der Waals surface area contributed by atoms with Crippen LogP contribution < -0.4 is 0 Å². The maximum atomic E-state index is 2.39. The first-order chi connectivity index (χ1) is 5.70. The van der Waals surface area contributed by atoms with Gasteiger partial charge in [0.2, 0.25) is 0 Å². The SMILES string of the molecule is CCCn1cc(C)c(C)c1CC. The predicted molar refractivity (Wildman–Crippen MR) is 53.6 cm³/mol. The van der Waals surface area contributed by atoms with Crippen LogP contribution in [-0.2, 0) is 13.0 Å². The van der Waals surface area contributed by atoms with Crippen LogP contribution >= 0.6 is 0 Å². The smallest absolute Gasteiger partial charge is 0.0219 e. The van der Waals surface area contributed by atoms with Crippen LogP contribution in [0.2, 0.25) is 0 Å². The molecule has 0 aliphatic heterocycles. The van der Waals surface area contributed by atoms with E-state index in [0.717, 1.165) is 13.0 Å². The zero-order chi connectivity index (χ0) is 9.14. The molecule has 0 amide bonds. The normalized spacial score (nSPS) is 10.7. The van der Waals surface area contributed by atoms with Gasteiger partial charge >= 0.3 is 0 Å². The van der Waals surface area contributed by atoms with E-state index in [9.17, 15) is 0 Å². The minimum atomic E-state index is 1.15. The highest BCUT2D eigenvalue weighted by atomic mass is 15.0. The number of hydrogen-bond acceptors (Lipinski definition) is 0. The van der Waals surface area contributed by atoms with Crippen LogP contribution in [0.1, 0.15) is 37.1 Å². The molecule has 0 radical (unpaired) electrons. The van der Waals surface area contributed by atoms with Gasteiger partial charge in [-0.05, 0) is 37.8 Å². The average Bonchev–Trinajstić information content (AvgIpc) is 2.29. The summed E-state index contributed by atoms with van der Waals surface area (Å²) in [6.07, 6.45) is 4.65. The molecule has 0 fully saturated rings. The Kier molecular flexibility index (Phi) is 2.96. The molecule has 0 aliphatic carbocycles. The van der Waals surface area contributed by atoms with Crippen molar-refractivity contribution in [2.45, 2.75) is 47.1 Å². The highest BCUT2D eigenvalue weighted by molar-refractivity contribution is 5.29. The zero-order valence-electron chi connectivity index (χ0n) is 8.65. The van der Waals surface area contributed by atoms with Gasteiger partial charge in [0.15, 0.2) is 0 Å². The van der Waals surface area contributed by atoms with Crippen LogP contribution in [0.3, 0.4) is 0 Å². The summed E-state index contributed by atoms with van der Waals surface area (Å²) in [5.41, 5.74) is 4.42. The molecule has 0 atom stereocenters. The molecule has 1 nitrogen and oxygen atoms in total. The second kappa shape index (κ2) is 3.79. The van der Waals surface area contributed by atoms with E-state index in [0.29, 0.717) is 0 Å². The summed E-state index contributed by atoms with van der Waals surface area (Å²) in [6.45, 7) is 10.0. The molecular formula is C11H19N. The number of aryl methyl sites for hydroxylation is 2. The second-order valence-electron chi connectivity index (χ2n) is 3.43. The summed E-state index contributed by atoms with van der Waals surface area (Å²) in [5.74, 6) is 0. The summed E-state index contributed by atoms with van der Waals surface area (Å²) >= 11 is 0. The first-order valence-corrected chi connectivity index (χ1v) is 4.85. The minimum Gasteiger partial charge on any atom is -0.351 e. The molecule has 0 aliphatic rings. The summed E-state index contributed by atoms with van der Waals surface area (Å²) in [4.78, 5) is 0. The fourth-order valence-electron chi connectivity index (χ4n) is 1.76. The average molecular weight is 165 g/mol. The lowest BCUT2D eigenvalue weighted by Gasteiger charge is -2.05. The van der Waals surface area contributed by atoms with Gasteiger partial charge in [0.05, 0.1) is 0 Å². The molecule has 1 aromatic heterocycles. The van der Waals surface area contributed by atoms with E-state index in [2.05, 4.69) is 38.5 Å². The van der Waals surface area contributed by atoms with Gasteiger partial charge < -0.3 is 4.57 Å². The summed E-state index contributed by atoms with van der Waals surface area (Å²) < 4.78 is 2.39. The Morgan fingerprint density at radius 2 is 1.92 bits per heavy atom. The molecule has 0 bridgehead atoms. The quantitative estimate of drug-likeness (QED) is 0.648. The number of nitrogens with zero attached hydrogens (tertiary/aromatic N) is 1. The van der Waals surface area contributed by atoms with Crippen LogP contribution in [-0.4, -0.2) is 4.57 Å². The van der Waals surface area contributed by atoms with Gasteiger partial charge in [-0.1, -0.05) is 13.8 Å². The van der Waals surface area contributed by atoms with E-state index in [-0.39, 0.29) is 0 Å². The summed E-state index contributed by atoms with van der Waals surface area (Å²) in [5, 5.41) is 0. The van der Waals surface area contributed by atoms with E-state index in [4.69, 9.17) is 0 Å². The molecule has 0 saturated carbocycles. The molecule has 0 spiro atoms. The molecule has 0 aromatic carbocycles. The van der Waals surface area contributed by atoms with Gasteiger partial charge in [-0.2, -0.15) is 0 Å². The Labute approximate surface area is 75.4 Å². The van der Waals surface area contributed by atoms with Crippen molar-refractivity contribution in [2.24, 2.45) is 0 Å². The topological polar surface area (TPSA) is 4.93 Å². The lowest BCUT2D eigenvalue weighted by molar-refractivity contribution is 0.650. The number of aromatic nitrogens is 1. The van der Waals surface area contributed by atoms with Crippen molar-refractivity contribution in [1.82, 2.24) is 4.57 Å². The Morgan fingerprint density at radius 1 is 1.25 bits per heavy atom. The lowest BCUT2D eigenvalue weighted by Crippen LogP contribution is -2.00. The van der Waals surface area contributed by atoms with Crippen molar-refractivity contribution in [3.63, 3.8) is 0 Å². The molecular weight excluding hydrogens is 146 g/mol. The van der Waals surface area contributed by atoms with Gasteiger partial charge in [-0.25, -0.2) is 0 Å². The predicted octanol–water partition coefficient (Wildman–Crippen LogP) is 3.08. The molecule has 0 saturated heterocycles. The van der Waals surface area contributed by atoms with Crippen molar-refractivity contribution >= 4 is 0 Å². The van der Waals surface area contributed by atoms with Gasteiger partial charge in [-0.15, -0.1) is 0 Å². The standard InChI is InChI=1S/C11H19N/c1-5-7-12-8-9(3)10(4)11(12)6-2/h8H,5-7H2,1-4H3.